The van der Waals surface area contributed by atoms with Gasteiger partial charge >= 0.3 is 0 Å². The average Bonchev–Trinajstić information content (AvgIpc) is 3.23. The molecular weight excluding hydrogens is 352 g/mol. The number of hydrogen-bond acceptors (Lipinski definition) is 4. The van der Waals surface area contributed by atoms with Crippen molar-refractivity contribution in [3.63, 3.8) is 0 Å². The molecule has 0 amide bonds. The van der Waals surface area contributed by atoms with Gasteiger partial charge in [-0.1, -0.05) is 26.0 Å². The van der Waals surface area contributed by atoms with Gasteiger partial charge in [0.1, 0.15) is 5.75 Å². The smallest absolute Gasteiger partial charge is 0.193 e. The van der Waals surface area contributed by atoms with Crippen molar-refractivity contribution < 1.29 is 9.47 Å². The Hall–Kier alpha value is -1.79. The molecule has 1 aromatic carbocycles. The van der Waals surface area contributed by atoms with Crippen LogP contribution in [-0.4, -0.2) is 75.9 Å². The standard InChI is InChI=1S/C22H38N4O2/c1-6-23-22(25(4)16-18-12-13-28-17-18)24-15-21(26(7-2)8-3)19-10-9-11-20(14-19)27-5/h9-11,14,18,21H,6-8,12-13,15-17H2,1-5H3,(H,23,24). The number of guanidine groups is 1. The van der Waals surface area contributed by atoms with Crippen LogP contribution < -0.4 is 10.1 Å². The van der Waals surface area contributed by atoms with Crippen molar-refractivity contribution in [3.05, 3.63) is 29.8 Å². The quantitative estimate of drug-likeness (QED) is 0.492. The summed E-state index contributed by atoms with van der Waals surface area (Å²) in [7, 11) is 3.84. The highest BCUT2D eigenvalue weighted by molar-refractivity contribution is 5.79. The highest BCUT2D eigenvalue weighted by Gasteiger charge is 2.21. The van der Waals surface area contributed by atoms with Crippen LogP contribution in [0.25, 0.3) is 0 Å². The fourth-order valence-electron chi connectivity index (χ4n) is 3.79. The Morgan fingerprint density at radius 3 is 2.71 bits per heavy atom. The van der Waals surface area contributed by atoms with Crippen LogP contribution in [0.5, 0.6) is 5.75 Å². The zero-order valence-electron chi connectivity index (χ0n) is 18.3. The van der Waals surface area contributed by atoms with Gasteiger partial charge in [0.15, 0.2) is 5.96 Å². The van der Waals surface area contributed by atoms with Crippen molar-refractivity contribution in [3.8, 4) is 5.75 Å². The van der Waals surface area contributed by atoms with E-state index in [-0.39, 0.29) is 6.04 Å². The van der Waals surface area contributed by atoms with E-state index in [1.165, 1.54) is 5.56 Å². The van der Waals surface area contributed by atoms with E-state index in [9.17, 15) is 0 Å². The summed E-state index contributed by atoms with van der Waals surface area (Å²) in [6.07, 6.45) is 1.13. The number of methoxy groups -OCH3 is 1. The van der Waals surface area contributed by atoms with Crippen LogP contribution in [-0.2, 0) is 4.74 Å². The molecule has 6 nitrogen and oxygen atoms in total. The van der Waals surface area contributed by atoms with Gasteiger partial charge in [0, 0.05) is 32.7 Å². The Morgan fingerprint density at radius 2 is 2.11 bits per heavy atom. The molecule has 2 rings (SSSR count). The fourth-order valence-corrected chi connectivity index (χ4v) is 3.79. The van der Waals surface area contributed by atoms with E-state index < -0.39 is 0 Å². The molecule has 158 valence electrons. The number of ether oxygens (including phenoxy) is 2. The molecule has 0 bridgehead atoms. The molecule has 0 aromatic heterocycles. The monoisotopic (exact) mass is 390 g/mol. The summed E-state index contributed by atoms with van der Waals surface area (Å²) in [4.78, 5) is 9.71. The maximum absolute atomic E-state index is 5.53. The van der Waals surface area contributed by atoms with Crippen LogP contribution in [0.3, 0.4) is 0 Å². The van der Waals surface area contributed by atoms with Crippen LogP contribution in [0.1, 0.15) is 38.8 Å². The third kappa shape index (κ3) is 6.38. The van der Waals surface area contributed by atoms with Crippen molar-refractivity contribution >= 4 is 5.96 Å². The molecule has 28 heavy (non-hydrogen) atoms. The second-order valence-corrected chi connectivity index (χ2v) is 7.32. The first-order valence-corrected chi connectivity index (χ1v) is 10.6. The predicted octanol–water partition coefficient (Wildman–Crippen LogP) is 3.01. The summed E-state index contributed by atoms with van der Waals surface area (Å²) in [5, 5.41) is 3.45. The van der Waals surface area contributed by atoms with E-state index in [0.29, 0.717) is 12.5 Å². The molecular formula is C22H38N4O2. The summed E-state index contributed by atoms with van der Waals surface area (Å²) in [5.74, 6) is 2.45. The molecule has 2 unspecified atom stereocenters. The summed E-state index contributed by atoms with van der Waals surface area (Å²) in [5.41, 5.74) is 1.24. The van der Waals surface area contributed by atoms with E-state index in [4.69, 9.17) is 14.5 Å². The van der Waals surface area contributed by atoms with Crippen LogP contribution in [0.15, 0.2) is 29.3 Å². The van der Waals surface area contributed by atoms with Crippen molar-refractivity contribution in [2.24, 2.45) is 10.9 Å². The fraction of sp³-hybridized carbons (Fsp3) is 0.682. The lowest BCUT2D eigenvalue weighted by molar-refractivity contribution is 0.181. The SMILES string of the molecule is CCNC(=NCC(c1cccc(OC)c1)N(CC)CC)N(C)CC1CCOC1. The van der Waals surface area contributed by atoms with Gasteiger partial charge < -0.3 is 19.7 Å². The van der Waals surface area contributed by atoms with Crippen molar-refractivity contribution in [1.29, 1.82) is 0 Å². The molecule has 6 heteroatoms. The first-order valence-electron chi connectivity index (χ1n) is 10.6. The van der Waals surface area contributed by atoms with Crippen molar-refractivity contribution in [1.82, 2.24) is 15.1 Å². The summed E-state index contributed by atoms with van der Waals surface area (Å²) in [6.45, 7) is 12.8. The van der Waals surface area contributed by atoms with Gasteiger partial charge in [0.25, 0.3) is 0 Å². The molecule has 1 fully saturated rings. The Morgan fingerprint density at radius 1 is 1.32 bits per heavy atom. The molecule has 2 atom stereocenters. The Kier molecular flexibility index (Phi) is 9.58. The number of nitrogens with one attached hydrogen (secondary N) is 1. The zero-order valence-corrected chi connectivity index (χ0v) is 18.3. The van der Waals surface area contributed by atoms with Gasteiger partial charge in [0.2, 0.25) is 0 Å². The zero-order chi connectivity index (χ0) is 20.4. The number of hydrogen-bond donors (Lipinski definition) is 1. The van der Waals surface area contributed by atoms with Crippen LogP contribution in [0.4, 0.5) is 0 Å². The van der Waals surface area contributed by atoms with Gasteiger partial charge in [-0.15, -0.1) is 0 Å². The summed E-state index contributed by atoms with van der Waals surface area (Å²) < 4.78 is 11.0. The number of likely N-dealkylation sites (N-methyl/N-ethyl adjacent to an activating group) is 1. The molecule has 0 saturated carbocycles. The van der Waals surface area contributed by atoms with Gasteiger partial charge in [-0.3, -0.25) is 9.89 Å². The van der Waals surface area contributed by atoms with Crippen molar-refractivity contribution in [2.45, 2.75) is 33.2 Å². The van der Waals surface area contributed by atoms with Crippen molar-refractivity contribution in [2.75, 3.05) is 60.1 Å². The van der Waals surface area contributed by atoms with Crippen LogP contribution >= 0.6 is 0 Å². The average molecular weight is 391 g/mol. The molecule has 0 spiro atoms. The second kappa shape index (κ2) is 11.9. The third-order valence-electron chi connectivity index (χ3n) is 5.40. The van der Waals surface area contributed by atoms with Gasteiger partial charge in [-0.05, 0) is 44.1 Å². The topological polar surface area (TPSA) is 49.3 Å². The number of rotatable bonds is 10. The lowest BCUT2D eigenvalue weighted by atomic mass is 10.0. The second-order valence-electron chi connectivity index (χ2n) is 7.32. The Balaban J connectivity index is 2.18. The highest BCUT2D eigenvalue weighted by atomic mass is 16.5. The molecule has 1 aliphatic heterocycles. The molecule has 1 heterocycles. The van der Waals surface area contributed by atoms with Gasteiger partial charge in [-0.2, -0.15) is 0 Å². The number of aliphatic imine (C=N–C) groups is 1. The predicted molar refractivity (Wildman–Crippen MR) is 116 cm³/mol. The molecule has 0 radical (unpaired) electrons. The Bertz CT molecular complexity index is 598. The van der Waals surface area contributed by atoms with Gasteiger partial charge in [-0.25, -0.2) is 0 Å². The third-order valence-corrected chi connectivity index (χ3v) is 5.40. The van der Waals surface area contributed by atoms with Gasteiger partial charge in [0.05, 0.1) is 26.3 Å². The Labute approximate surface area is 170 Å². The normalized spacial score (nSPS) is 18.4. The molecule has 0 aliphatic carbocycles. The number of nitrogens with zero attached hydrogens (tertiary/aromatic N) is 3. The minimum absolute atomic E-state index is 0.224. The lowest BCUT2D eigenvalue weighted by Crippen LogP contribution is -2.42. The largest absolute Gasteiger partial charge is 0.497 e. The maximum Gasteiger partial charge on any atom is 0.193 e. The lowest BCUT2D eigenvalue weighted by Gasteiger charge is -2.30. The van der Waals surface area contributed by atoms with E-state index in [0.717, 1.165) is 57.5 Å². The van der Waals surface area contributed by atoms with E-state index in [1.54, 1.807) is 7.11 Å². The minimum atomic E-state index is 0.224. The first kappa shape index (κ1) is 22.5. The molecule has 1 N–H and O–H groups in total. The number of benzene rings is 1. The van der Waals surface area contributed by atoms with Crippen LogP contribution in [0.2, 0.25) is 0 Å². The molecule has 1 aromatic rings. The van der Waals surface area contributed by atoms with E-state index in [2.05, 4.69) is 61.1 Å². The summed E-state index contributed by atoms with van der Waals surface area (Å²) in [6, 6.07) is 8.58. The molecule has 1 aliphatic rings. The van der Waals surface area contributed by atoms with E-state index >= 15 is 0 Å². The first-order chi connectivity index (χ1) is 13.6. The van der Waals surface area contributed by atoms with E-state index in [1.807, 2.05) is 6.07 Å². The molecule has 1 saturated heterocycles. The minimum Gasteiger partial charge on any atom is -0.497 e. The maximum atomic E-state index is 5.53. The highest BCUT2D eigenvalue weighted by Crippen LogP contribution is 2.25. The van der Waals surface area contributed by atoms with Crippen LogP contribution in [0, 0.1) is 5.92 Å². The summed E-state index contributed by atoms with van der Waals surface area (Å²) >= 11 is 0.